The molecule has 0 amide bonds. The zero-order valence-corrected chi connectivity index (χ0v) is 9.97. The standard InChI is InChI=1S/C12H16O2S/c1-10-5-3-4-6-11(10)9-15-8-7-12(13)14-2/h3-6H,7-9H2,1-2H3. The van der Waals surface area contributed by atoms with Crippen molar-refractivity contribution < 1.29 is 9.53 Å². The summed E-state index contributed by atoms with van der Waals surface area (Å²) in [5.41, 5.74) is 2.65. The fourth-order valence-corrected chi connectivity index (χ4v) is 2.21. The molecule has 1 aromatic rings. The van der Waals surface area contributed by atoms with E-state index in [1.165, 1.54) is 18.2 Å². The lowest BCUT2D eigenvalue weighted by molar-refractivity contribution is -0.140. The van der Waals surface area contributed by atoms with Gasteiger partial charge in [0.15, 0.2) is 0 Å². The maximum atomic E-state index is 10.9. The Morgan fingerprint density at radius 2 is 2.13 bits per heavy atom. The Labute approximate surface area is 95.0 Å². The van der Waals surface area contributed by atoms with Gasteiger partial charge in [-0.25, -0.2) is 0 Å². The SMILES string of the molecule is COC(=O)CCSCc1ccccc1C. The van der Waals surface area contributed by atoms with Crippen LogP contribution < -0.4 is 0 Å². The van der Waals surface area contributed by atoms with Gasteiger partial charge in [-0.1, -0.05) is 24.3 Å². The molecule has 0 aliphatic rings. The van der Waals surface area contributed by atoms with Crippen molar-refractivity contribution >= 4 is 17.7 Å². The highest BCUT2D eigenvalue weighted by Crippen LogP contribution is 2.16. The van der Waals surface area contributed by atoms with Crippen molar-refractivity contribution in [3.8, 4) is 0 Å². The summed E-state index contributed by atoms with van der Waals surface area (Å²) in [4.78, 5) is 10.9. The summed E-state index contributed by atoms with van der Waals surface area (Å²) in [6, 6.07) is 8.32. The van der Waals surface area contributed by atoms with Gasteiger partial charge < -0.3 is 4.74 Å². The average Bonchev–Trinajstić information content (AvgIpc) is 2.26. The molecule has 0 heterocycles. The monoisotopic (exact) mass is 224 g/mol. The zero-order valence-electron chi connectivity index (χ0n) is 9.16. The minimum Gasteiger partial charge on any atom is -0.469 e. The highest BCUT2D eigenvalue weighted by Gasteiger charge is 2.01. The minimum atomic E-state index is -0.132. The highest BCUT2D eigenvalue weighted by atomic mass is 32.2. The number of hydrogen-bond acceptors (Lipinski definition) is 3. The molecule has 0 aromatic heterocycles. The van der Waals surface area contributed by atoms with E-state index in [0.29, 0.717) is 6.42 Å². The number of aryl methyl sites for hydroxylation is 1. The first-order chi connectivity index (χ1) is 7.24. The third kappa shape index (κ3) is 4.38. The molecule has 0 radical (unpaired) electrons. The van der Waals surface area contributed by atoms with Gasteiger partial charge in [0.2, 0.25) is 0 Å². The van der Waals surface area contributed by atoms with E-state index in [1.807, 2.05) is 12.1 Å². The van der Waals surface area contributed by atoms with Crippen LogP contribution in [0.3, 0.4) is 0 Å². The molecule has 1 aromatic carbocycles. The van der Waals surface area contributed by atoms with Crippen LogP contribution in [0, 0.1) is 6.92 Å². The molecule has 0 N–H and O–H groups in total. The van der Waals surface area contributed by atoms with Crippen molar-refractivity contribution in [2.75, 3.05) is 12.9 Å². The summed E-state index contributed by atoms with van der Waals surface area (Å²) in [6.07, 6.45) is 0.493. The van der Waals surface area contributed by atoms with Gasteiger partial charge in [-0.15, -0.1) is 0 Å². The average molecular weight is 224 g/mol. The Morgan fingerprint density at radius 1 is 1.40 bits per heavy atom. The summed E-state index contributed by atoms with van der Waals surface area (Å²) in [5.74, 6) is 1.65. The smallest absolute Gasteiger partial charge is 0.306 e. The van der Waals surface area contributed by atoms with E-state index in [1.54, 1.807) is 11.8 Å². The second-order valence-corrected chi connectivity index (χ2v) is 4.41. The molecule has 3 heteroatoms. The fourth-order valence-electron chi connectivity index (χ4n) is 1.21. The van der Waals surface area contributed by atoms with E-state index in [2.05, 4.69) is 23.8 Å². The first-order valence-electron chi connectivity index (χ1n) is 4.93. The van der Waals surface area contributed by atoms with E-state index in [0.717, 1.165) is 11.5 Å². The number of carbonyl (C=O) groups is 1. The predicted octanol–water partition coefficient (Wildman–Crippen LogP) is 2.79. The zero-order chi connectivity index (χ0) is 11.1. The molecule has 15 heavy (non-hydrogen) atoms. The molecule has 0 bridgehead atoms. The normalized spacial score (nSPS) is 10.0. The Balaban J connectivity index is 2.26. The lowest BCUT2D eigenvalue weighted by atomic mass is 10.1. The van der Waals surface area contributed by atoms with Crippen LogP contribution in [-0.2, 0) is 15.3 Å². The second kappa shape index (κ2) is 6.51. The quantitative estimate of drug-likeness (QED) is 0.568. The van der Waals surface area contributed by atoms with Crippen LogP contribution in [0.25, 0.3) is 0 Å². The number of benzene rings is 1. The summed E-state index contributed by atoms with van der Waals surface area (Å²) in [7, 11) is 1.42. The Morgan fingerprint density at radius 3 is 2.80 bits per heavy atom. The van der Waals surface area contributed by atoms with Crippen LogP contribution in [0.15, 0.2) is 24.3 Å². The number of carbonyl (C=O) groups excluding carboxylic acids is 1. The minimum absolute atomic E-state index is 0.132. The molecule has 0 unspecified atom stereocenters. The largest absolute Gasteiger partial charge is 0.469 e. The lowest BCUT2D eigenvalue weighted by Gasteiger charge is -2.04. The molecule has 0 aliphatic carbocycles. The molecule has 1 rings (SSSR count). The van der Waals surface area contributed by atoms with Gasteiger partial charge in [-0.3, -0.25) is 4.79 Å². The van der Waals surface area contributed by atoms with Gasteiger partial charge in [-0.05, 0) is 18.1 Å². The molecular weight excluding hydrogens is 208 g/mol. The maximum Gasteiger partial charge on any atom is 0.306 e. The number of esters is 1. The van der Waals surface area contributed by atoms with Crippen LogP contribution in [0.4, 0.5) is 0 Å². The summed E-state index contributed by atoms with van der Waals surface area (Å²) >= 11 is 1.76. The van der Waals surface area contributed by atoms with E-state index in [4.69, 9.17) is 0 Å². The van der Waals surface area contributed by atoms with E-state index < -0.39 is 0 Å². The van der Waals surface area contributed by atoms with Gasteiger partial charge in [-0.2, -0.15) is 11.8 Å². The first-order valence-corrected chi connectivity index (χ1v) is 6.08. The molecule has 0 saturated carbocycles. The number of thioether (sulfide) groups is 1. The van der Waals surface area contributed by atoms with Gasteiger partial charge in [0.25, 0.3) is 0 Å². The predicted molar refractivity (Wildman–Crippen MR) is 64.0 cm³/mol. The Bertz CT molecular complexity index is 323. The van der Waals surface area contributed by atoms with Gasteiger partial charge in [0.1, 0.15) is 0 Å². The summed E-state index contributed by atoms with van der Waals surface area (Å²) < 4.78 is 4.57. The van der Waals surface area contributed by atoms with E-state index in [-0.39, 0.29) is 5.97 Å². The highest BCUT2D eigenvalue weighted by molar-refractivity contribution is 7.98. The van der Waals surface area contributed by atoms with E-state index >= 15 is 0 Å². The third-order valence-electron chi connectivity index (χ3n) is 2.20. The molecule has 0 fully saturated rings. The first kappa shape index (κ1) is 12.1. The molecular formula is C12H16O2S. The Kier molecular flexibility index (Phi) is 5.26. The van der Waals surface area contributed by atoms with Gasteiger partial charge in [0, 0.05) is 11.5 Å². The van der Waals surface area contributed by atoms with Crippen LogP contribution in [0.1, 0.15) is 17.5 Å². The van der Waals surface area contributed by atoms with Crippen LogP contribution in [0.5, 0.6) is 0 Å². The van der Waals surface area contributed by atoms with E-state index in [9.17, 15) is 4.79 Å². The Hall–Kier alpha value is -0.960. The van der Waals surface area contributed by atoms with Crippen LogP contribution in [0.2, 0.25) is 0 Å². The topological polar surface area (TPSA) is 26.3 Å². The number of methoxy groups -OCH3 is 1. The molecule has 0 atom stereocenters. The van der Waals surface area contributed by atoms with Crippen molar-refractivity contribution in [1.29, 1.82) is 0 Å². The summed E-state index contributed by atoms with van der Waals surface area (Å²) in [5, 5.41) is 0. The van der Waals surface area contributed by atoms with Crippen LogP contribution in [-0.4, -0.2) is 18.8 Å². The van der Waals surface area contributed by atoms with Crippen molar-refractivity contribution in [3.63, 3.8) is 0 Å². The van der Waals surface area contributed by atoms with Crippen molar-refractivity contribution in [1.82, 2.24) is 0 Å². The van der Waals surface area contributed by atoms with Gasteiger partial charge in [0.05, 0.1) is 13.5 Å². The van der Waals surface area contributed by atoms with Crippen molar-refractivity contribution in [3.05, 3.63) is 35.4 Å². The van der Waals surface area contributed by atoms with Crippen molar-refractivity contribution in [2.24, 2.45) is 0 Å². The molecule has 0 spiro atoms. The maximum absolute atomic E-state index is 10.9. The fraction of sp³-hybridized carbons (Fsp3) is 0.417. The van der Waals surface area contributed by atoms with Gasteiger partial charge >= 0.3 is 5.97 Å². The molecule has 0 aliphatic heterocycles. The number of ether oxygens (including phenoxy) is 1. The summed E-state index contributed by atoms with van der Waals surface area (Å²) in [6.45, 7) is 2.11. The van der Waals surface area contributed by atoms with Crippen LogP contribution >= 0.6 is 11.8 Å². The lowest BCUT2D eigenvalue weighted by Crippen LogP contribution is -2.01. The number of rotatable bonds is 5. The van der Waals surface area contributed by atoms with Crippen molar-refractivity contribution in [2.45, 2.75) is 19.1 Å². The third-order valence-corrected chi connectivity index (χ3v) is 3.20. The molecule has 82 valence electrons. The number of hydrogen-bond donors (Lipinski definition) is 0. The molecule has 0 saturated heterocycles. The molecule has 2 nitrogen and oxygen atoms in total. The second-order valence-electron chi connectivity index (χ2n) is 3.31.